The molecule has 0 radical (unpaired) electrons. The summed E-state index contributed by atoms with van der Waals surface area (Å²) in [6.07, 6.45) is 2.40. The Kier molecular flexibility index (Phi) is 11.4. The standard InChI is InChI=1S/C36H37N3O5S/c1-6-26-14-10-11-23(2)33(26)39-34(40)24(3)45-29-18-16-28(17-19-29)37-36(42)30(38-35(41)27-12-8-7-9-13-27)21-25-15-20-31(43-4)32(22-25)44-5/h7-22,24H,6H2,1-5H3,(H,37,42)(H,38,41)(H,39,40)/b30-21-. The van der Waals surface area contributed by atoms with Gasteiger partial charge in [-0.05, 0) is 91.6 Å². The van der Waals surface area contributed by atoms with E-state index in [9.17, 15) is 14.4 Å². The number of anilines is 2. The van der Waals surface area contributed by atoms with Gasteiger partial charge < -0.3 is 25.4 Å². The second kappa shape index (κ2) is 15.6. The molecule has 1 unspecified atom stereocenters. The second-order valence-corrected chi connectivity index (χ2v) is 11.6. The van der Waals surface area contributed by atoms with Crippen LogP contribution in [-0.4, -0.2) is 37.2 Å². The van der Waals surface area contributed by atoms with Crippen molar-refractivity contribution in [3.63, 3.8) is 0 Å². The number of hydrogen-bond acceptors (Lipinski definition) is 6. The molecular formula is C36H37N3O5S. The van der Waals surface area contributed by atoms with Crippen LogP contribution in [0.4, 0.5) is 11.4 Å². The molecule has 0 aliphatic heterocycles. The average molecular weight is 624 g/mol. The Morgan fingerprint density at radius 1 is 0.844 bits per heavy atom. The molecule has 4 rings (SSSR count). The first-order valence-corrected chi connectivity index (χ1v) is 15.4. The molecule has 0 saturated heterocycles. The van der Waals surface area contributed by atoms with Crippen LogP contribution in [0.25, 0.3) is 6.08 Å². The molecule has 3 N–H and O–H groups in total. The fourth-order valence-corrected chi connectivity index (χ4v) is 5.42. The number of thioether (sulfide) groups is 1. The van der Waals surface area contributed by atoms with Gasteiger partial charge in [0, 0.05) is 21.8 Å². The summed E-state index contributed by atoms with van der Waals surface area (Å²) in [6.45, 7) is 5.91. The number of aryl methyl sites for hydroxylation is 2. The Balaban J connectivity index is 1.48. The van der Waals surface area contributed by atoms with E-state index in [1.807, 2.05) is 50.2 Å². The normalized spacial score (nSPS) is 11.7. The molecule has 3 amide bonds. The number of ether oxygens (including phenoxy) is 2. The van der Waals surface area contributed by atoms with Gasteiger partial charge >= 0.3 is 0 Å². The summed E-state index contributed by atoms with van der Waals surface area (Å²) >= 11 is 1.42. The second-order valence-electron chi connectivity index (χ2n) is 10.2. The first-order valence-electron chi connectivity index (χ1n) is 14.5. The van der Waals surface area contributed by atoms with Gasteiger partial charge in [-0.3, -0.25) is 14.4 Å². The van der Waals surface area contributed by atoms with E-state index >= 15 is 0 Å². The van der Waals surface area contributed by atoms with Gasteiger partial charge in [0.2, 0.25) is 5.91 Å². The number of nitrogens with one attached hydrogen (secondary N) is 3. The maximum absolute atomic E-state index is 13.5. The summed E-state index contributed by atoms with van der Waals surface area (Å²) in [7, 11) is 3.07. The molecule has 0 saturated carbocycles. The molecular weight excluding hydrogens is 586 g/mol. The predicted octanol–water partition coefficient (Wildman–Crippen LogP) is 7.10. The quantitative estimate of drug-likeness (QED) is 0.115. The first kappa shape index (κ1) is 32.9. The van der Waals surface area contributed by atoms with E-state index in [2.05, 4.69) is 22.9 Å². The topological polar surface area (TPSA) is 106 Å². The van der Waals surface area contributed by atoms with E-state index in [1.165, 1.54) is 18.9 Å². The van der Waals surface area contributed by atoms with E-state index in [0.29, 0.717) is 28.3 Å². The Bertz CT molecular complexity index is 1690. The first-order chi connectivity index (χ1) is 21.7. The molecule has 232 valence electrons. The highest BCUT2D eigenvalue weighted by molar-refractivity contribution is 8.00. The summed E-state index contributed by atoms with van der Waals surface area (Å²) in [5.41, 5.74) is 4.60. The highest BCUT2D eigenvalue weighted by atomic mass is 32.2. The van der Waals surface area contributed by atoms with Crippen molar-refractivity contribution in [1.29, 1.82) is 0 Å². The maximum atomic E-state index is 13.5. The van der Waals surface area contributed by atoms with Crippen molar-refractivity contribution >= 4 is 46.9 Å². The number of methoxy groups -OCH3 is 2. The van der Waals surface area contributed by atoms with Gasteiger partial charge in [-0.25, -0.2) is 0 Å². The van der Waals surface area contributed by atoms with Crippen LogP contribution >= 0.6 is 11.8 Å². The zero-order valence-corrected chi connectivity index (χ0v) is 26.8. The van der Waals surface area contributed by atoms with Crippen molar-refractivity contribution in [2.45, 2.75) is 37.3 Å². The molecule has 0 aliphatic carbocycles. The molecule has 1 atom stereocenters. The van der Waals surface area contributed by atoms with Crippen molar-refractivity contribution in [3.05, 3.63) is 119 Å². The predicted molar refractivity (Wildman–Crippen MR) is 181 cm³/mol. The van der Waals surface area contributed by atoms with E-state index in [-0.39, 0.29) is 16.9 Å². The van der Waals surface area contributed by atoms with Gasteiger partial charge in [0.15, 0.2) is 11.5 Å². The van der Waals surface area contributed by atoms with Gasteiger partial charge in [-0.2, -0.15) is 0 Å². The molecule has 9 heteroatoms. The van der Waals surface area contributed by atoms with Crippen LogP contribution in [0.5, 0.6) is 11.5 Å². The molecule has 0 aromatic heterocycles. The molecule has 0 bridgehead atoms. The lowest BCUT2D eigenvalue weighted by atomic mass is 10.1. The van der Waals surface area contributed by atoms with Crippen LogP contribution in [-0.2, 0) is 16.0 Å². The van der Waals surface area contributed by atoms with Gasteiger partial charge in [-0.15, -0.1) is 11.8 Å². The van der Waals surface area contributed by atoms with Crippen LogP contribution in [0.2, 0.25) is 0 Å². The third-order valence-electron chi connectivity index (χ3n) is 7.03. The van der Waals surface area contributed by atoms with E-state index < -0.39 is 11.8 Å². The third kappa shape index (κ3) is 8.77. The van der Waals surface area contributed by atoms with E-state index in [1.54, 1.807) is 67.8 Å². The van der Waals surface area contributed by atoms with E-state index in [4.69, 9.17) is 9.47 Å². The molecule has 0 fully saturated rings. The molecule has 45 heavy (non-hydrogen) atoms. The van der Waals surface area contributed by atoms with Crippen molar-refractivity contribution in [3.8, 4) is 11.5 Å². The summed E-state index contributed by atoms with van der Waals surface area (Å²) < 4.78 is 10.7. The van der Waals surface area contributed by atoms with Crippen molar-refractivity contribution < 1.29 is 23.9 Å². The van der Waals surface area contributed by atoms with Gasteiger partial charge in [-0.1, -0.05) is 49.4 Å². The highest BCUT2D eigenvalue weighted by Crippen LogP contribution is 2.29. The summed E-state index contributed by atoms with van der Waals surface area (Å²) in [6, 6.07) is 27.1. The number of carbonyl (C=O) groups excluding carboxylic acids is 3. The number of rotatable bonds is 12. The summed E-state index contributed by atoms with van der Waals surface area (Å²) in [5, 5.41) is 8.34. The number of benzene rings is 4. The molecule has 4 aromatic carbocycles. The van der Waals surface area contributed by atoms with Crippen LogP contribution in [0.3, 0.4) is 0 Å². The van der Waals surface area contributed by atoms with Crippen molar-refractivity contribution in [1.82, 2.24) is 5.32 Å². The Morgan fingerprint density at radius 2 is 1.56 bits per heavy atom. The van der Waals surface area contributed by atoms with Crippen molar-refractivity contribution in [2.24, 2.45) is 0 Å². The average Bonchev–Trinajstić information content (AvgIpc) is 3.06. The lowest BCUT2D eigenvalue weighted by Crippen LogP contribution is -2.30. The van der Waals surface area contributed by atoms with E-state index in [0.717, 1.165) is 28.1 Å². The third-order valence-corrected chi connectivity index (χ3v) is 8.14. The highest BCUT2D eigenvalue weighted by Gasteiger charge is 2.18. The minimum Gasteiger partial charge on any atom is -0.493 e. The fraction of sp³-hybridized carbons (Fsp3) is 0.194. The molecule has 4 aromatic rings. The Hall–Kier alpha value is -5.02. The summed E-state index contributed by atoms with van der Waals surface area (Å²) in [4.78, 5) is 40.3. The fourth-order valence-electron chi connectivity index (χ4n) is 4.55. The molecule has 0 heterocycles. The van der Waals surface area contributed by atoms with Crippen LogP contribution < -0.4 is 25.4 Å². The molecule has 0 aliphatic rings. The van der Waals surface area contributed by atoms with Crippen LogP contribution in [0.15, 0.2) is 102 Å². The van der Waals surface area contributed by atoms with Crippen molar-refractivity contribution in [2.75, 3.05) is 24.9 Å². The Morgan fingerprint density at radius 3 is 2.22 bits per heavy atom. The van der Waals surface area contributed by atoms with Gasteiger partial charge in [0.25, 0.3) is 11.8 Å². The SMILES string of the molecule is CCc1cccc(C)c1NC(=O)C(C)Sc1ccc(NC(=O)/C(=C/c2ccc(OC)c(OC)c2)NC(=O)c2ccccc2)cc1. The van der Waals surface area contributed by atoms with Gasteiger partial charge in [0.1, 0.15) is 5.70 Å². The van der Waals surface area contributed by atoms with Crippen LogP contribution in [0, 0.1) is 6.92 Å². The van der Waals surface area contributed by atoms with Gasteiger partial charge in [0.05, 0.1) is 19.5 Å². The maximum Gasteiger partial charge on any atom is 0.272 e. The lowest BCUT2D eigenvalue weighted by Gasteiger charge is -2.16. The summed E-state index contributed by atoms with van der Waals surface area (Å²) in [5.74, 6) is 0.0154. The minimum absolute atomic E-state index is 0.0440. The number of amides is 3. The smallest absolute Gasteiger partial charge is 0.272 e. The zero-order valence-electron chi connectivity index (χ0n) is 26.0. The monoisotopic (exact) mass is 623 g/mol. The molecule has 0 spiro atoms. The minimum atomic E-state index is -0.507. The Labute approximate surface area is 268 Å². The lowest BCUT2D eigenvalue weighted by molar-refractivity contribution is -0.115. The molecule has 8 nitrogen and oxygen atoms in total. The number of hydrogen-bond donors (Lipinski definition) is 3. The van der Waals surface area contributed by atoms with Crippen LogP contribution in [0.1, 0.15) is 40.9 Å². The number of para-hydroxylation sites is 1. The largest absolute Gasteiger partial charge is 0.493 e. The zero-order chi connectivity index (χ0) is 32.3. The number of carbonyl (C=O) groups is 3.